The van der Waals surface area contributed by atoms with Gasteiger partial charge in [-0.3, -0.25) is 34.1 Å². The maximum absolute atomic E-state index is 12.7. The number of pyridine rings is 4. The zero-order valence-electron chi connectivity index (χ0n) is 76.7. The molecule has 5 aromatic heterocycles. The van der Waals surface area contributed by atoms with Crippen LogP contribution >= 0.6 is 0 Å². The number of imidazole rings is 1. The lowest BCUT2D eigenvalue weighted by Crippen LogP contribution is -2.34. The van der Waals surface area contributed by atoms with Gasteiger partial charge in [0.25, 0.3) is 27.9 Å². The number of hydrogen-bond donors (Lipinski definition) is 1. The fourth-order valence-electron chi connectivity index (χ4n) is 14.8. The molecule has 13 aromatic rings. The van der Waals surface area contributed by atoms with Crippen molar-refractivity contribution in [1.29, 1.82) is 0 Å². The van der Waals surface area contributed by atoms with Crippen molar-refractivity contribution >= 4 is 82.2 Å². The number of nitro groups is 1. The number of rotatable bonds is 2. The van der Waals surface area contributed by atoms with Crippen molar-refractivity contribution < 1.29 is 19.2 Å². The average Bonchev–Trinajstić information content (AvgIpc) is 1.66. The predicted molar refractivity (Wildman–Crippen MR) is 501 cm³/mol. The molecule has 17 nitrogen and oxygen atoms in total. The van der Waals surface area contributed by atoms with Gasteiger partial charge in [-0.05, 0) is 275 Å². The highest BCUT2D eigenvalue weighted by Gasteiger charge is 2.31. The zero-order chi connectivity index (χ0) is 89.6. The Morgan fingerprint density at radius 3 is 1.47 bits per heavy atom. The second-order valence-corrected chi connectivity index (χ2v) is 38.0. The smallest absolute Gasteiger partial charge is 0.277 e. The molecule has 0 radical (unpaired) electrons. The summed E-state index contributed by atoms with van der Waals surface area (Å²) in [5, 5.41) is 23.1. The number of aromatic nitrogens is 6. The molecule has 0 fully saturated rings. The first-order valence-electron chi connectivity index (χ1n) is 40.9. The minimum atomic E-state index is -0.386. The van der Waals surface area contributed by atoms with E-state index in [-0.39, 0.29) is 84.1 Å². The second-order valence-electron chi connectivity index (χ2n) is 38.0. The summed E-state index contributed by atoms with van der Waals surface area (Å²) in [5.41, 5.74) is 13.7. The van der Waals surface area contributed by atoms with E-state index < -0.39 is 0 Å². The van der Waals surface area contributed by atoms with Crippen LogP contribution < -0.4 is 37.0 Å². The molecule has 0 unspecified atom stereocenters. The van der Waals surface area contributed by atoms with Gasteiger partial charge in [-0.15, -0.1) is 11.8 Å². The van der Waals surface area contributed by atoms with Gasteiger partial charge >= 0.3 is 0 Å². The Balaban J connectivity index is 0.000000175. The molecule has 1 amide bonds. The Kier molecular flexibility index (Phi) is 28.5. The summed E-state index contributed by atoms with van der Waals surface area (Å²) in [7, 11) is 0. The number of nitro benzene ring substituents is 1. The van der Waals surface area contributed by atoms with Gasteiger partial charge in [-0.25, -0.2) is 4.98 Å². The Hall–Kier alpha value is -12.1. The summed E-state index contributed by atoms with van der Waals surface area (Å²) in [4.78, 5) is 76.4. The molecular formula is C103H124N8O9. The molecule has 14 rings (SSSR count). The standard InChI is InChI=1S/C18H21N3O.C17H19NO.C16H17NO.2C14H17NO.C13H20.C11H13NO4/c1-11-19-17-15-10-14(20-12(2)22)8-6-13(15)7-9-16(17)21(11)18(3,4)5;1-6-8-13-11-18(17(3,4)5)16(19)15-12(2)9-7-10-14(13)15;1-5-8-12-11-17(16(2,3)4)15(18)14-10-7-6-9-13(12)14;1-10-5-6-12-11(9-10)7-8-15(13(12)16)14(2,3)4;1-10-6-5-7-11-8-9-15(14(2,3)4)13(16)12(10)11;1-9-7-11(3)12(8-10(9)2)13(4,5)6;1-11(2,3)7-4-9-10(16-6-15-9)5-8(7)12(13)14/h6-10H,1-5H3,(H,20,22);7,9-11H,1-5H3;6-7,9-11H,1-4H3;2*5-9H,1-4H3;7-8H,1-6H3;4-5H,6H2,1-3H3. The fourth-order valence-corrected chi connectivity index (χ4v) is 14.8. The van der Waals surface area contributed by atoms with Crippen LogP contribution in [0.2, 0.25) is 0 Å². The van der Waals surface area contributed by atoms with E-state index >= 15 is 0 Å². The van der Waals surface area contributed by atoms with Gasteiger partial charge in [0.05, 0.1) is 32.8 Å². The molecule has 1 aliphatic rings. The van der Waals surface area contributed by atoms with Gasteiger partial charge in [0.2, 0.25) is 12.7 Å². The molecule has 1 N–H and O–H groups in total. The van der Waals surface area contributed by atoms with Crippen molar-refractivity contribution in [2.45, 2.75) is 253 Å². The number of aryl methyl sites for hydroxylation is 7. The SMILES string of the molecule is CC#Cc1cn(C(C)(C)C)c(=O)c2c(C)cccc12.CC#Cc1cn(C(C)(C)C)c(=O)c2ccccc12.CC(=O)Nc1ccc2ccc3c(nc(C)n3C(C)(C)C)c2c1.CC(C)(C)c1cc2c(cc1[N+](=O)[O-])OCO2.Cc1cc(C)c(C(C)(C)C)cc1C.Cc1ccc2c(=O)n(C(C)(C)C)ccc2c1.Cc1cccc2ccn(C(C)(C)C)c(=O)c12. The lowest BCUT2D eigenvalue weighted by atomic mass is 9.82. The minimum absolute atomic E-state index is 0.0260. The second kappa shape index (κ2) is 36.6. The number of fused-ring (bicyclic) bond motifs is 8. The van der Waals surface area contributed by atoms with E-state index in [9.17, 15) is 34.1 Å². The van der Waals surface area contributed by atoms with E-state index in [1.807, 2.05) is 272 Å². The van der Waals surface area contributed by atoms with Gasteiger partial charge in [0.15, 0.2) is 11.5 Å². The quantitative estimate of drug-likeness (QED) is 0.0987. The number of benzene rings is 8. The highest BCUT2D eigenvalue weighted by molar-refractivity contribution is 6.07. The first-order chi connectivity index (χ1) is 55.6. The summed E-state index contributed by atoms with van der Waals surface area (Å²) >= 11 is 0. The van der Waals surface area contributed by atoms with Crippen LogP contribution in [0.1, 0.15) is 228 Å². The third-order valence-electron chi connectivity index (χ3n) is 20.7. The molecule has 120 heavy (non-hydrogen) atoms. The Morgan fingerprint density at radius 1 is 0.442 bits per heavy atom. The van der Waals surface area contributed by atoms with Crippen molar-refractivity contribution in [2.24, 2.45) is 0 Å². The molecule has 0 saturated carbocycles. The highest BCUT2D eigenvalue weighted by Crippen LogP contribution is 2.43. The van der Waals surface area contributed by atoms with Crippen LogP contribution in [0.3, 0.4) is 0 Å². The van der Waals surface area contributed by atoms with Crippen LogP contribution in [0.25, 0.3) is 64.9 Å². The molecule has 0 saturated heterocycles. The van der Waals surface area contributed by atoms with Gasteiger partial charge < -0.3 is 37.6 Å². The fraction of sp³-hybridized carbons (Fsp3) is 0.379. The van der Waals surface area contributed by atoms with E-state index in [2.05, 4.69) is 120 Å². The van der Waals surface area contributed by atoms with Crippen LogP contribution in [0.4, 0.5) is 11.4 Å². The van der Waals surface area contributed by atoms with Crippen LogP contribution in [0, 0.1) is 82.3 Å². The highest BCUT2D eigenvalue weighted by atomic mass is 16.7. The van der Waals surface area contributed by atoms with E-state index in [1.165, 1.54) is 40.8 Å². The van der Waals surface area contributed by atoms with Crippen LogP contribution in [-0.4, -0.2) is 45.4 Å². The summed E-state index contributed by atoms with van der Waals surface area (Å²) in [6, 6.07) is 47.4. The normalized spacial score (nSPS) is 12.0. The lowest BCUT2D eigenvalue weighted by Gasteiger charge is -2.23. The van der Waals surface area contributed by atoms with E-state index in [1.54, 1.807) is 31.3 Å². The Labute approximate surface area is 709 Å². The van der Waals surface area contributed by atoms with Crippen LogP contribution in [-0.2, 0) is 43.3 Å². The average molecular weight is 1620 g/mol. The maximum atomic E-state index is 12.7. The largest absolute Gasteiger partial charge is 0.454 e. The van der Waals surface area contributed by atoms with Gasteiger partial charge in [-0.2, -0.15) is 0 Å². The third kappa shape index (κ3) is 22.1. The van der Waals surface area contributed by atoms with Gasteiger partial charge in [-0.1, -0.05) is 150 Å². The first kappa shape index (κ1) is 93.4. The first-order valence-corrected chi connectivity index (χ1v) is 40.9. The predicted octanol–water partition coefficient (Wildman–Crippen LogP) is 23.4. The molecular weight excluding hydrogens is 1490 g/mol. The number of carbonyl (C=O) groups excluding carboxylic acids is 1. The molecule has 0 atom stereocenters. The lowest BCUT2D eigenvalue weighted by molar-refractivity contribution is -0.386. The third-order valence-corrected chi connectivity index (χ3v) is 20.7. The van der Waals surface area contributed by atoms with E-state index in [0.717, 1.165) is 98.7 Å². The number of carbonyl (C=O) groups is 1. The topological polar surface area (TPSA) is 197 Å². The van der Waals surface area contributed by atoms with Crippen molar-refractivity contribution in [2.75, 3.05) is 12.1 Å². The molecule has 6 heterocycles. The minimum Gasteiger partial charge on any atom is -0.454 e. The summed E-state index contributed by atoms with van der Waals surface area (Å²) in [6.07, 6.45) is 7.50. The number of ether oxygens (including phenoxy) is 2. The van der Waals surface area contributed by atoms with Crippen LogP contribution in [0.15, 0.2) is 190 Å². The molecule has 0 spiro atoms. The Bertz CT molecular complexity index is 6440. The summed E-state index contributed by atoms with van der Waals surface area (Å²) in [6.45, 7) is 63.4. The maximum Gasteiger partial charge on any atom is 0.277 e. The van der Waals surface area contributed by atoms with Gasteiger partial charge in [0, 0.05) is 109 Å². The number of hydrogen-bond acceptors (Lipinski definition) is 10. The van der Waals surface area contributed by atoms with E-state index in [4.69, 9.17) is 14.5 Å². The summed E-state index contributed by atoms with van der Waals surface area (Å²) < 4.78 is 19.7. The number of anilines is 1. The van der Waals surface area contributed by atoms with Gasteiger partial charge in [0.1, 0.15) is 5.82 Å². The van der Waals surface area contributed by atoms with Crippen molar-refractivity contribution in [3.05, 3.63) is 283 Å². The molecule has 17 heteroatoms. The molecule has 1 aliphatic heterocycles. The van der Waals surface area contributed by atoms with Crippen molar-refractivity contribution in [1.82, 2.24) is 27.8 Å². The van der Waals surface area contributed by atoms with Crippen molar-refractivity contribution in [3.8, 4) is 35.2 Å². The molecule has 8 aromatic carbocycles. The number of amides is 1. The Morgan fingerprint density at radius 2 is 0.925 bits per heavy atom. The number of nitrogens with zero attached hydrogens (tertiary/aromatic N) is 7. The zero-order valence-corrected chi connectivity index (χ0v) is 76.7. The molecule has 0 bridgehead atoms. The molecule has 0 aliphatic carbocycles. The monoisotopic (exact) mass is 1620 g/mol. The number of nitrogens with one attached hydrogen (secondary N) is 1. The van der Waals surface area contributed by atoms with E-state index in [0.29, 0.717) is 17.1 Å². The van der Waals surface area contributed by atoms with Crippen molar-refractivity contribution in [3.63, 3.8) is 0 Å². The summed E-state index contributed by atoms with van der Waals surface area (Å²) in [5.74, 6) is 14.0. The van der Waals surface area contributed by atoms with Crippen LogP contribution in [0.5, 0.6) is 11.5 Å². The molecule has 630 valence electrons.